The van der Waals surface area contributed by atoms with Crippen molar-refractivity contribution in [2.45, 2.75) is 11.9 Å². The highest BCUT2D eigenvalue weighted by molar-refractivity contribution is 8.00. The molecule has 2 aromatic rings. The van der Waals surface area contributed by atoms with Gasteiger partial charge in [-0.25, -0.2) is 0 Å². The quantitative estimate of drug-likeness (QED) is 0.723. The summed E-state index contributed by atoms with van der Waals surface area (Å²) in [7, 11) is 6.44. The summed E-state index contributed by atoms with van der Waals surface area (Å²) < 4.78 is 21.6. The molecule has 1 atom stereocenters. The fourth-order valence-corrected chi connectivity index (χ4v) is 4.30. The van der Waals surface area contributed by atoms with Gasteiger partial charge in [0.25, 0.3) is 0 Å². The predicted molar refractivity (Wildman–Crippen MR) is 105 cm³/mol. The summed E-state index contributed by atoms with van der Waals surface area (Å²) in [5, 5.41) is -0.127. The molecule has 1 amide bonds. The number of benzene rings is 2. The Morgan fingerprint density at radius 3 is 2.30 bits per heavy atom. The average molecular weight is 389 g/mol. The molecule has 0 aliphatic carbocycles. The van der Waals surface area contributed by atoms with Crippen molar-refractivity contribution in [2.24, 2.45) is 0 Å². The number of nitrogens with zero attached hydrogens (tertiary/aromatic N) is 1. The minimum absolute atomic E-state index is 0.0802. The summed E-state index contributed by atoms with van der Waals surface area (Å²) in [5.41, 5.74) is 1.86. The van der Waals surface area contributed by atoms with Gasteiger partial charge in [0.2, 0.25) is 5.91 Å². The Kier molecular flexibility index (Phi) is 6.01. The minimum Gasteiger partial charge on any atom is -0.497 e. The van der Waals surface area contributed by atoms with Gasteiger partial charge in [-0.15, -0.1) is 11.8 Å². The van der Waals surface area contributed by atoms with Gasteiger partial charge < -0.3 is 23.8 Å². The number of para-hydroxylation sites is 1. The van der Waals surface area contributed by atoms with Crippen LogP contribution in [0.25, 0.3) is 0 Å². The number of carbonyl (C=O) groups excluding carboxylic acids is 1. The molecule has 3 rings (SSSR count). The maximum atomic E-state index is 12.6. The van der Waals surface area contributed by atoms with Crippen molar-refractivity contribution in [1.82, 2.24) is 4.90 Å². The molecule has 0 spiro atoms. The Morgan fingerprint density at radius 2 is 1.70 bits per heavy atom. The highest BCUT2D eigenvalue weighted by atomic mass is 32.2. The lowest BCUT2D eigenvalue weighted by Crippen LogP contribution is -2.28. The smallest absolute Gasteiger partial charge is 0.234 e. The lowest BCUT2D eigenvalue weighted by molar-refractivity contribution is -0.128. The first-order valence-electron chi connectivity index (χ1n) is 8.45. The molecule has 27 heavy (non-hydrogen) atoms. The van der Waals surface area contributed by atoms with E-state index in [0.717, 1.165) is 11.1 Å². The number of carbonyl (C=O) groups is 1. The summed E-state index contributed by atoms with van der Waals surface area (Å²) in [6.07, 6.45) is 0. The second-order valence-corrected chi connectivity index (χ2v) is 7.05. The van der Waals surface area contributed by atoms with Crippen LogP contribution < -0.4 is 18.9 Å². The van der Waals surface area contributed by atoms with E-state index in [1.54, 1.807) is 40.2 Å². The van der Waals surface area contributed by atoms with E-state index in [9.17, 15) is 4.79 Å². The fourth-order valence-electron chi connectivity index (χ4n) is 3.13. The van der Waals surface area contributed by atoms with E-state index in [-0.39, 0.29) is 11.3 Å². The fraction of sp³-hybridized carbons (Fsp3) is 0.350. The minimum atomic E-state index is -0.127. The van der Waals surface area contributed by atoms with Crippen LogP contribution in [0, 0.1) is 0 Å². The molecule has 0 saturated carbocycles. The SMILES string of the molecule is COc1cc(OC)cc(C2SCC(=O)N2Cc2cccc(OC)c2OC)c1. The second-order valence-electron chi connectivity index (χ2n) is 5.98. The predicted octanol–water partition coefficient (Wildman–Crippen LogP) is 3.50. The number of hydrogen-bond acceptors (Lipinski definition) is 6. The van der Waals surface area contributed by atoms with Crippen molar-refractivity contribution in [3.63, 3.8) is 0 Å². The van der Waals surface area contributed by atoms with Crippen molar-refractivity contribution < 1.29 is 23.7 Å². The van der Waals surface area contributed by atoms with Gasteiger partial charge in [0, 0.05) is 11.6 Å². The molecule has 1 saturated heterocycles. The summed E-state index contributed by atoms with van der Waals surface area (Å²) in [5.74, 6) is 3.19. The van der Waals surface area contributed by atoms with Gasteiger partial charge in [-0.3, -0.25) is 4.79 Å². The molecule has 7 heteroatoms. The van der Waals surface area contributed by atoms with Crippen molar-refractivity contribution in [3.05, 3.63) is 47.5 Å². The summed E-state index contributed by atoms with van der Waals surface area (Å²) >= 11 is 1.59. The van der Waals surface area contributed by atoms with E-state index in [2.05, 4.69) is 0 Å². The number of thioether (sulfide) groups is 1. The van der Waals surface area contributed by atoms with E-state index >= 15 is 0 Å². The van der Waals surface area contributed by atoms with Crippen LogP contribution in [0.1, 0.15) is 16.5 Å². The van der Waals surface area contributed by atoms with Crippen LogP contribution in [0.5, 0.6) is 23.0 Å². The molecule has 1 unspecified atom stereocenters. The maximum absolute atomic E-state index is 12.6. The third-order valence-electron chi connectivity index (χ3n) is 4.45. The molecule has 0 aromatic heterocycles. The van der Waals surface area contributed by atoms with Crippen LogP contribution in [-0.2, 0) is 11.3 Å². The van der Waals surface area contributed by atoms with Gasteiger partial charge in [-0.2, -0.15) is 0 Å². The number of methoxy groups -OCH3 is 4. The van der Waals surface area contributed by atoms with Crippen LogP contribution >= 0.6 is 11.8 Å². The molecule has 2 aromatic carbocycles. The highest BCUT2D eigenvalue weighted by Crippen LogP contribution is 2.43. The van der Waals surface area contributed by atoms with E-state index in [0.29, 0.717) is 35.3 Å². The molecule has 1 aliphatic rings. The van der Waals surface area contributed by atoms with Crippen molar-refractivity contribution in [2.75, 3.05) is 34.2 Å². The molecular formula is C20H23NO5S. The Morgan fingerprint density at radius 1 is 1.00 bits per heavy atom. The molecule has 1 aliphatic heterocycles. The number of ether oxygens (including phenoxy) is 4. The molecule has 1 heterocycles. The van der Waals surface area contributed by atoms with Crippen LogP contribution in [-0.4, -0.2) is 45.0 Å². The van der Waals surface area contributed by atoms with E-state index < -0.39 is 0 Å². The van der Waals surface area contributed by atoms with Gasteiger partial charge in [-0.05, 0) is 23.8 Å². The lowest BCUT2D eigenvalue weighted by atomic mass is 10.1. The van der Waals surface area contributed by atoms with E-state index in [4.69, 9.17) is 18.9 Å². The number of rotatable bonds is 7. The Hall–Kier alpha value is -2.54. The monoisotopic (exact) mass is 389 g/mol. The first-order chi connectivity index (χ1) is 13.1. The molecule has 1 fully saturated rings. The van der Waals surface area contributed by atoms with Crippen LogP contribution in [0.15, 0.2) is 36.4 Å². The maximum Gasteiger partial charge on any atom is 0.234 e. The molecule has 0 radical (unpaired) electrons. The molecule has 6 nitrogen and oxygen atoms in total. The molecular weight excluding hydrogens is 366 g/mol. The third kappa shape index (κ3) is 3.93. The van der Waals surface area contributed by atoms with E-state index in [1.807, 2.05) is 41.3 Å². The summed E-state index contributed by atoms with van der Waals surface area (Å²) in [6, 6.07) is 11.4. The van der Waals surface area contributed by atoms with E-state index in [1.165, 1.54) is 0 Å². The molecule has 0 bridgehead atoms. The molecule has 0 N–H and O–H groups in total. The largest absolute Gasteiger partial charge is 0.497 e. The van der Waals surface area contributed by atoms with Crippen LogP contribution in [0.3, 0.4) is 0 Å². The Labute approximate surface area is 163 Å². The summed E-state index contributed by atoms with van der Waals surface area (Å²) in [4.78, 5) is 14.4. The topological polar surface area (TPSA) is 57.2 Å². The van der Waals surface area contributed by atoms with Gasteiger partial charge in [0.1, 0.15) is 16.9 Å². The van der Waals surface area contributed by atoms with Gasteiger partial charge in [0.15, 0.2) is 11.5 Å². The van der Waals surface area contributed by atoms with Gasteiger partial charge in [-0.1, -0.05) is 12.1 Å². The standard InChI is InChI=1S/C20H23NO5S/c1-23-15-8-14(9-16(10-15)24-2)20-21(18(22)12-27-20)11-13-6-5-7-17(25-3)19(13)26-4/h5-10,20H,11-12H2,1-4H3. The van der Waals surface area contributed by atoms with Crippen molar-refractivity contribution in [3.8, 4) is 23.0 Å². The average Bonchev–Trinajstić information content (AvgIpc) is 3.07. The van der Waals surface area contributed by atoms with Crippen molar-refractivity contribution >= 4 is 17.7 Å². The Bertz CT molecular complexity index is 804. The zero-order valence-corrected chi connectivity index (χ0v) is 16.7. The highest BCUT2D eigenvalue weighted by Gasteiger charge is 2.34. The normalized spacial score (nSPS) is 16.4. The van der Waals surface area contributed by atoms with Crippen molar-refractivity contribution in [1.29, 1.82) is 0 Å². The number of amides is 1. The van der Waals surface area contributed by atoms with Crippen LogP contribution in [0.4, 0.5) is 0 Å². The first kappa shape index (κ1) is 19.2. The third-order valence-corrected chi connectivity index (χ3v) is 5.71. The Balaban J connectivity index is 1.94. The molecule has 144 valence electrons. The first-order valence-corrected chi connectivity index (χ1v) is 9.50. The van der Waals surface area contributed by atoms with Crippen LogP contribution in [0.2, 0.25) is 0 Å². The lowest BCUT2D eigenvalue weighted by Gasteiger charge is -2.26. The van der Waals surface area contributed by atoms with Gasteiger partial charge in [0.05, 0.1) is 40.7 Å². The second kappa shape index (κ2) is 8.43. The van der Waals surface area contributed by atoms with Gasteiger partial charge >= 0.3 is 0 Å². The zero-order chi connectivity index (χ0) is 19.4. The number of hydrogen-bond donors (Lipinski definition) is 0. The zero-order valence-electron chi connectivity index (χ0n) is 15.9. The summed E-state index contributed by atoms with van der Waals surface area (Å²) in [6.45, 7) is 0.427.